The van der Waals surface area contributed by atoms with Crippen molar-refractivity contribution in [3.05, 3.63) is 0 Å². The third-order valence-electron chi connectivity index (χ3n) is 6.93. The van der Waals surface area contributed by atoms with Crippen LogP contribution in [0.4, 0.5) is 0 Å². The van der Waals surface area contributed by atoms with Gasteiger partial charge in [0.1, 0.15) is 0 Å². The van der Waals surface area contributed by atoms with Gasteiger partial charge < -0.3 is 4.90 Å². The van der Waals surface area contributed by atoms with Crippen LogP contribution in [0.25, 0.3) is 0 Å². The minimum absolute atomic E-state index is 0.312. The zero-order chi connectivity index (χ0) is 13.8. The number of sulfone groups is 1. The first kappa shape index (κ1) is 13.6. The van der Waals surface area contributed by atoms with E-state index < -0.39 is 9.84 Å². The van der Waals surface area contributed by atoms with E-state index in [4.69, 9.17) is 0 Å². The molecule has 4 heteroatoms. The van der Waals surface area contributed by atoms with Gasteiger partial charge in [0.15, 0.2) is 9.84 Å². The first-order chi connectivity index (χ1) is 9.53. The number of hydrogen-bond donors (Lipinski definition) is 0. The minimum Gasteiger partial charge on any atom is -0.302 e. The lowest BCUT2D eigenvalue weighted by molar-refractivity contribution is 0.152. The molecular weight excluding hydrogens is 270 g/mol. The summed E-state index contributed by atoms with van der Waals surface area (Å²) in [6, 6.07) is 0. The second kappa shape index (κ2) is 4.45. The molecule has 1 saturated heterocycles. The van der Waals surface area contributed by atoms with Crippen molar-refractivity contribution in [3.63, 3.8) is 0 Å². The number of hydrogen-bond acceptors (Lipinski definition) is 3. The Kier molecular flexibility index (Phi) is 3.02. The molecule has 1 heterocycles. The van der Waals surface area contributed by atoms with Gasteiger partial charge in [-0.1, -0.05) is 6.42 Å². The molecule has 4 aliphatic rings. The van der Waals surface area contributed by atoms with Crippen molar-refractivity contribution in [2.24, 2.45) is 11.3 Å². The summed E-state index contributed by atoms with van der Waals surface area (Å²) < 4.78 is 24.7. The first-order valence-electron chi connectivity index (χ1n) is 8.47. The molecule has 0 amide bonds. The highest BCUT2D eigenvalue weighted by Crippen LogP contribution is 2.54. The van der Waals surface area contributed by atoms with Crippen molar-refractivity contribution in [2.45, 2.75) is 62.5 Å². The maximum Gasteiger partial charge on any atom is 0.157 e. The average molecular weight is 297 g/mol. The Morgan fingerprint density at radius 1 is 1.00 bits per heavy atom. The summed E-state index contributed by atoms with van der Waals surface area (Å²) >= 11 is 0. The average Bonchev–Trinajstić information content (AvgIpc) is 2.90. The van der Waals surface area contributed by atoms with E-state index in [2.05, 4.69) is 4.90 Å². The molecule has 0 aromatic rings. The zero-order valence-corrected chi connectivity index (χ0v) is 13.3. The second-order valence-electron chi connectivity index (χ2n) is 8.03. The van der Waals surface area contributed by atoms with Gasteiger partial charge in [0.05, 0.1) is 10.5 Å². The molecule has 4 rings (SSSR count). The molecule has 0 N–H and O–H groups in total. The summed E-state index contributed by atoms with van der Waals surface area (Å²) in [4.78, 5) is 2.50. The fraction of sp³-hybridized carbons (Fsp3) is 1.00. The van der Waals surface area contributed by atoms with Gasteiger partial charge in [-0.2, -0.15) is 0 Å². The van der Waals surface area contributed by atoms with E-state index in [9.17, 15) is 8.42 Å². The van der Waals surface area contributed by atoms with E-state index in [0.717, 1.165) is 44.7 Å². The summed E-state index contributed by atoms with van der Waals surface area (Å²) in [5.41, 5.74) is 0.561. The van der Waals surface area contributed by atoms with Crippen molar-refractivity contribution in [3.8, 4) is 0 Å². The molecule has 3 nitrogen and oxygen atoms in total. The summed E-state index contributed by atoms with van der Waals surface area (Å²) in [6.45, 7) is 2.98. The Bertz CT molecular complexity index is 487. The molecule has 0 aromatic heterocycles. The monoisotopic (exact) mass is 297 g/mol. The van der Waals surface area contributed by atoms with Gasteiger partial charge in [-0.3, -0.25) is 0 Å². The number of nitrogens with zero attached hydrogens (tertiary/aromatic N) is 1. The summed E-state index contributed by atoms with van der Waals surface area (Å²) in [6.07, 6.45) is 10.9. The number of rotatable bonds is 2. The van der Waals surface area contributed by atoms with E-state index >= 15 is 0 Å². The second-order valence-corrected chi connectivity index (χ2v) is 10.5. The molecule has 3 saturated carbocycles. The fourth-order valence-electron chi connectivity index (χ4n) is 5.39. The van der Waals surface area contributed by atoms with Gasteiger partial charge in [-0.25, -0.2) is 8.42 Å². The predicted molar refractivity (Wildman–Crippen MR) is 80.4 cm³/mol. The quantitative estimate of drug-likeness (QED) is 0.786. The standard InChI is InChI=1S/C16H27NO2S/c18-20(19)11-10-17(9-8-16(20)4-1-5-16)13-15-6-2-14(12-15)3-7-15/h14H,1-13H2. The fourth-order valence-corrected chi connectivity index (χ4v) is 7.64. The van der Waals surface area contributed by atoms with E-state index in [-0.39, 0.29) is 4.75 Å². The molecular formula is C16H27NO2S. The van der Waals surface area contributed by atoms with Gasteiger partial charge in [0, 0.05) is 13.1 Å². The predicted octanol–water partition coefficient (Wildman–Crippen LogP) is 2.61. The smallest absolute Gasteiger partial charge is 0.157 e. The van der Waals surface area contributed by atoms with Crippen LogP contribution in [0, 0.1) is 11.3 Å². The van der Waals surface area contributed by atoms with Gasteiger partial charge in [-0.15, -0.1) is 0 Å². The number of fused-ring (bicyclic) bond motifs is 2. The highest BCUT2D eigenvalue weighted by atomic mass is 32.2. The Labute approximate surface area is 123 Å². The third kappa shape index (κ3) is 1.98. The van der Waals surface area contributed by atoms with Crippen molar-refractivity contribution >= 4 is 9.84 Å². The normalized spacial score (nSPS) is 42.5. The zero-order valence-electron chi connectivity index (χ0n) is 12.4. The molecule has 1 aliphatic heterocycles. The molecule has 0 aromatic carbocycles. The Hall–Kier alpha value is -0.0900. The molecule has 114 valence electrons. The molecule has 20 heavy (non-hydrogen) atoms. The van der Waals surface area contributed by atoms with Crippen LogP contribution in [0.5, 0.6) is 0 Å². The third-order valence-corrected chi connectivity index (χ3v) is 9.58. The Balaban J connectivity index is 1.46. The van der Waals surface area contributed by atoms with Crippen LogP contribution in [0.2, 0.25) is 0 Å². The summed E-state index contributed by atoms with van der Waals surface area (Å²) in [7, 11) is -2.85. The van der Waals surface area contributed by atoms with E-state index in [0.29, 0.717) is 11.2 Å². The highest BCUT2D eigenvalue weighted by Gasteiger charge is 2.51. The Morgan fingerprint density at radius 3 is 2.30 bits per heavy atom. The van der Waals surface area contributed by atoms with Crippen LogP contribution < -0.4 is 0 Å². The lowest BCUT2D eigenvalue weighted by Crippen LogP contribution is -2.46. The first-order valence-corrected chi connectivity index (χ1v) is 10.1. The maximum atomic E-state index is 12.5. The van der Waals surface area contributed by atoms with E-state index in [1.54, 1.807) is 0 Å². The van der Waals surface area contributed by atoms with Crippen LogP contribution in [0.3, 0.4) is 0 Å². The molecule has 0 radical (unpaired) electrons. The highest BCUT2D eigenvalue weighted by molar-refractivity contribution is 7.92. The SMILES string of the molecule is O=S1(=O)CCN(CC23CCC(CC2)C3)CCC12CCC2. The molecule has 2 bridgehead atoms. The van der Waals surface area contributed by atoms with Crippen LogP contribution in [0.15, 0.2) is 0 Å². The largest absolute Gasteiger partial charge is 0.302 e. The molecule has 0 unspecified atom stereocenters. The van der Waals surface area contributed by atoms with Crippen LogP contribution in [-0.4, -0.2) is 43.5 Å². The topological polar surface area (TPSA) is 37.4 Å². The van der Waals surface area contributed by atoms with E-state index in [1.165, 1.54) is 38.6 Å². The molecule has 0 atom stereocenters. The van der Waals surface area contributed by atoms with Crippen molar-refractivity contribution < 1.29 is 8.42 Å². The lowest BCUT2D eigenvalue weighted by Gasteiger charge is -2.40. The van der Waals surface area contributed by atoms with Crippen LogP contribution in [-0.2, 0) is 9.84 Å². The van der Waals surface area contributed by atoms with E-state index in [1.807, 2.05) is 0 Å². The van der Waals surface area contributed by atoms with Gasteiger partial charge in [-0.05, 0) is 69.2 Å². The van der Waals surface area contributed by atoms with Crippen molar-refractivity contribution in [2.75, 3.05) is 25.4 Å². The van der Waals surface area contributed by atoms with Crippen molar-refractivity contribution in [1.82, 2.24) is 4.90 Å². The molecule has 3 aliphatic carbocycles. The van der Waals surface area contributed by atoms with Gasteiger partial charge in [0.2, 0.25) is 0 Å². The minimum atomic E-state index is -2.85. The maximum absolute atomic E-state index is 12.5. The molecule has 4 fully saturated rings. The van der Waals surface area contributed by atoms with Gasteiger partial charge >= 0.3 is 0 Å². The van der Waals surface area contributed by atoms with Crippen LogP contribution >= 0.6 is 0 Å². The Morgan fingerprint density at radius 2 is 1.75 bits per heavy atom. The van der Waals surface area contributed by atoms with Crippen molar-refractivity contribution in [1.29, 1.82) is 0 Å². The van der Waals surface area contributed by atoms with Gasteiger partial charge in [0.25, 0.3) is 0 Å². The summed E-state index contributed by atoms with van der Waals surface area (Å²) in [5.74, 6) is 1.40. The lowest BCUT2D eigenvalue weighted by atomic mass is 9.81. The summed E-state index contributed by atoms with van der Waals surface area (Å²) in [5, 5.41) is 0. The van der Waals surface area contributed by atoms with Crippen LogP contribution in [0.1, 0.15) is 57.8 Å². The molecule has 1 spiro atoms.